The molecule has 0 amide bonds. The largest absolute Gasteiger partial charge is 0.441 e. The third kappa shape index (κ3) is 2.59. The summed E-state index contributed by atoms with van der Waals surface area (Å²) in [4.78, 5) is 9.16. The molecule has 1 aliphatic rings. The number of aryl methyl sites for hydroxylation is 2. The zero-order valence-electron chi connectivity index (χ0n) is 13.5. The summed E-state index contributed by atoms with van der Waals surface area (Å²) in [7, 11) is 0. The molecule has 0 N–H and O–H groups in total. The van der Waals surface area contributed by atoms with Crippen molar-refractivity contribution in [2.24, 2.45) is 0 Å². The maximum absolute atomic E-state index is 9.30. The number of hydrogen-bond acceptors (Lipinski definition) is 4. The highest BCUT2D eigenvalue weighted by atomic mass is 16.4. The van der Waals surface area contributed by atoms with Crippen LogP contribution < -0.4 is 0 Å². The molecule has 0 aliphatic heterocycles. The minimum Gasteiger partial charge on any atom is -0.441 e. The Morgan fingerprint density at radius 3 is 3.00 bits per heavy atom. The average molecular weight is 315 g/mol. The number of aromatic nitrogens is 2. The van der Waals surface area contributed by atoms with Gasteiger partial charge < -0.3 is 4.42 Å². The molecule has 2 heterocycles. The first-order valence-corrected chi connectivity index (χ1v) is 8.15. The van der Waals surface area contributed by atoms with Gasteiger partial charge in [0.1, 0.15) is 11.8 Å². The average Bonchev–Trinajstić information content (AvgIpc) is 3.05. The van der Waals surface area contributed by atoms with Crippen LogP contribution in [0.4, 0.5) is 0 Å². The third-order valence-corrected chi connectivity index (χ3v) is 4.55. The molecule has 0 radical (unpaired) electrons. The molecule has 0 fully saturated rings. The molecule has 4 rings (SSSR count). The van der Waals surface area contributed by atoms with Gasteiger partial charge in [0.25, 0.3) is 0 Å². The second kappa shape index (κ2) is 5.93. The van der Waals surface area contributed by atoms with Crippen LogP contribution in [-0.4, -0.2) is 9.97 Å². The van der Waals surface area contributed by atoms with Crippen molar-refractivity contribution in [1.82, 2.24) is 9.97 Å². The Kier molecular flexibility index (Phi) is 3.62. The molecular weight excluding hydrogens is 298 g/mol. The fourth-order valence-electron chi connectivity index (χ4n) is 3.35. The summed E-state index contributed by atoms with van der Waals surface area (Å²) in [5.41, 5.74) is 4.74. The van der Waals surface area contributed by atoms with Crippen molar-refractivity contribution in [2.75, 3.05) is 0 Å². The summed E-state index contributed by atoms with van der Waals surface area (Å²) in [5, 5.41) is 9.30. The molecule has 2 aromatic heterocycles. The molecule has 0 bridgehead atoms. The van der Waals surface area contributed by atoms with Crippen LogP contribution in [0.5, 0.6) is 0 Å². The first-order valence-electron chi connectivity index (χ1n) is 8.15. The number of fused-ring (bicyclic) bond motifs is 1. The summed E-state index contributed by atoms with van der Waals surface area (Å²) in [6.45, 7) is 2.06. The van der Waals surface area contributed by atoms with Crippen LogP contribution in [0.15, 0.2) is 47.0 Å². The van der Waals surface area contributed by atoms with Gasteiger partial charge in [-0.25, -0.2) is 4.98 Å². The second-order valence-electron chi connectivity index (χ2n) is 6.25. The van der Waals surface area contributed by atoms with E-state index in [0.717, 1.165) is 42.0 Å². The lowest BCUT2D eigenvalue weighted by molar-refractivity contribution is 0.461. The van der Waals surface area contributed by atoms with Crippen molar-refractivity contribution < 1.29 is 4.42 Å². The second-order valence-corrected chi connectivity index (χ2v) is 6.25. The summed E-state index contributed by atoms with van der Waals surface area (Å²) < 4.78 is 5.99. The molecule has 0 saturated carbocycles. The molecule has 118 valence electrons. The number of benzene rings is 1. The number of nitriles is 1. The molecule has 4 nitrogen and oxygen atoms in total. The van der Waals surface area contributed by atoms with Crippen LogP contribution in [0.2, 0.25) is 0 Å². The standard InChI is InChI=1S/C20H17N3O/c1-13-4-2-5-15(10-13)20-23-17-11-14(7-8-18(17)24-20)19-16(12-21)6-3-9-22-19/h2-6,9-10,14H,7-8,11H2,1H3. The fraction of sp³-hybridized carbons (Fsp3) is 0.250. The van der Waals surface area contributed by atoms with Crippen LogP contribution in [0.1, 0.15) is 40.6 Å². The van der Waals surface area contributed by atoms with E-state index in [1.807, 2.05) is 24.3 Å². The van der Waals surface area contributed by atoms with Crippen LogP contribution in [0.3, 0.4) is 0 Å². The van der Waals surface area contributed by atoms with Gasteiger partial charge >= 0.3 is 0 Å². The molecule has 0 saturated heterocycles. The smallest absolute Gasteiger partial charge is 0.226 e. The number of hydrogen-bond donors (Lipinski definition) is 0. The monoisotopic (exact) mass is 315 g/mol. The summed E-state index contributed by atoms with van der Waals surface area (Å²) >= 11 is 0. The van der Waals surface area contributed by atoms with Crippen LogP contribution in [0.25, 0.3) is 11.5 Å². The van der Waals surface area contributed by atoms with Crippen molar-refractivity contribution in [3.05, 3.63) is 70.9 Å². The Hall–Kier alpha value is -2.93. The number of nitrogens with zero attached hydrogens (tertiary/aromatic N) is 3. The molecule has 3 aromatic rings. The van der Waals surface area contributed by atoms with Crippen molar-refractivity contribution >= 4 is 0 Å². The summed E-state index contributed by atoms with van der Waals surface area (Å²) in [6, 6.07) is 14.1. The molecule has 0 spiro atoms. The lowest BCUT2D eigenvalue weighted by Gasteiger charge is -2.20. The lowest BCUT2D eigenvalue weighted by Crippen LogP contribution is -2.14. The van der Waals surface area contributed by atoms with Crippen LogP contribution >= 0.6 is 0 Å². The van der Waals surface area contributed by atoms with Gasteiger partial charge in [0.15, 0.2) is 0 Å². The quantitative estimate of drug-likeness (QED) is 0.711. The van der Waals surface area contributed by atoms with E-state index >= 15 is 0 Å². The van der Waals surface area contributed by atoms with Crippen LogP contribution in [0, 0.1) is 18.3 Å². The molecule has 4 heteroatoms. The van der Waals surface area contributed by atoms with E-state index < -0.39 is 0 Å². The van der Waals surface area contributed by atoms with Crippen molar-refractivity contribution in [3.8, 4) is 17.5 Å². The highest BCUT2D eigenvalue weighted by molar-refractivity contribution is 5.55. The highest BCUT2D eigenvalue weighted by Crippen LogP contribution is 2.35. The molecule has 1 unspecified atom stereocenters. The maximum atomic E-state index is 9.30. The van der Waals surface area contributed by atoms with Gasteiger partial charge in [-0.2, -0.15) is 5.26 Å². The van der Waals surface area contributed by atoms with Gasteiger partial charge in [-0.1, -0.05) is 17.7 Å². The number of pyridine rings is 1. The summed E-state index contributed by atoms with van der Waals surface area (Å²) in [5.74, 6) is 1.88. The Morgan fingerprint density at radius 2 is 2.17 bits per heavy atom. The normalized spacial score (nSPS) is 16.4. The Morgan fingerprint density at radius 1 is 1.25 bits per heavy atom. The van der Waals surface area contributed by atoms with E-state index in [-0.39, 0.29) is 5.92 Å². The Bertz CT molecular complexity index is 936. The van der Waals surface area contributed by atoms with Gasteiger partial charge in [0.05, 0.1) is 17.0 Å². The zero-order valence-corrected chi connectivity index (χ0v) is 13.5. The molecule has 1 aliphatic carbocycles. The van der Waals surface area contributed by atoms with E-state index in [1.165, 1.54) is 5.56 Å². The lowest BCUT2D eigenvalue weighted by atomic mass is 9.86. The van der Waals surface area contributed by atoms with E-state index in [4.69, 9.17) is 9.40 Å². The topological polar surface area (TPSA) is 62.7 Å². The summed E-state index contributed by atoms with van der Waals surface area (Å²) in [6.07, 6.45) is 4.30. The third-order valence-electron chi connectivity index (χ3n) is 4.55. The highest BCUT2D eigenvalue weighted by Gasteiger charge is 2.27. The molecule has 1 atom stereocenters. The minimum atomic E-state index is 0.226. The molecule has 24 heavy (non-hydrogen) atoms. The van der Waals surface area contributed by atoms with Gasteiger partial charge in [-0.15, -0.1) is 0 Å². The number of rotatable bonds is 2. The van der Waals surface area contributed by atoms with E-state index in [2.05, 4.69) is 30.1 Å². The van der Waals surface area contributed by atoms with Gasteiger partial charge in [0.2, 0.25) is 5.89 Å². The maximum Gasteiger partial charge on any atom is 0.226 e. The van der Waals surface area contributed by atoms with E-state index in [0.29, 0.717) is 11.5 Å². The van der Waals surface area contributed by atoms with Crippen LogP contribution in [-0.2, 0) is 12.8 Å². The van der Waals surface area contributed by atoms with Crippen molar-refractivity contribution in [3.63, 3.8) is 0 Å². The SMILES string of the molecule is Cc1cccc(-c2nc3c(o2)CCC(c2ncccc2C#N)C3)c1. The van der Waals surface area contributed by atoms with Crippen molar-refractivity contribution in [1.29, 1.82) is 5.26 Å². The zero-order chi connectivity index (χ0) is 16.5. The van der Waals surface area contributed by atoms with Gasteiger partial charge in [-0.05, 0) is 37.6 Å². The van der Waals surface area contributed by atoms with E-state index in [9.17, 15) is 5.26 Å². The minimum absolute atomic E-state index is 0.226. The number of oxazole rings is 1. The predicted octanol–water partition coefficient (Wildman–Crippen LogP) is 4.19. The fourth-order valence-corrected chi connectivity index (χ4v) is 3.35. The Labute approximate surface area is 140 Å². The van der Waals surface area contributed by atoms with Crippen molar-refractivity contribution in [2.45, 2.75) is 32.1 Å². The predicted molar refractivity (Wildman–Crippen MR) is 90.4 cm³/mol. The first-order chi connectivity index (χ1) is 11.7. The first kappa shape index (κ1) is 14.6. The van der Waals surface area contributed by atoms with E-state index in [1.54, 1.807) is 6.20 Å². The molecular formula is C20H17N3O. The van der Waals surface area contributed by atoms with Gasteiger partial charge in [0, 0.05) is 30.5 Å². The Balaban J connectivity index is 1.66. The molecule has 1 aromatic carbocycles. The van der Waals surface area contributed by atoms with Gasteiger partial charge in [-0.3, -0.25) is 4.98 Å².